The Balaban J connectivity index is -0.000000405. The third-order valence-electron chi connectivity index (χ3n) is 0.194. The van der Waals surface area contributed by atoms with E-state index in [9.17, 15) is 25.9 Å². The van der Waals surface area contributed by atoms with Crippen LogP contribution in [-0.2, 0) is 46.0 Å². The molecule has 0 atom stereocenters. The topological polar surface area (TPSA) is 169 Å². The second-order valence-electron chi connectivity index (χ2n) is 0.953. The maximum atomic E-state index is 9.37. The molecule has 1 radical (unpaired) electrons. The molecule has 0 spiro atoms. The van der Waals surface area contributed by atoms with Crippen LogP contribution in [0.4, 0.5) is 0 Å². The molecule has 12 heavy (non-hydrogen) atoms. The van der Waals surface area contributed by atoms with Crippen LogP contribution in [0.3, 0.4) is 0 Å². The summed E-state index contributed by atoms with van der Waals surface area (Å²) in [4.78, 5) is 0. The number of quaternary nitrogens is 1. The van der Waals surface area contributed by atoms with Gasteiger partial charge >= 0.3 is 16.5 Å². The van der Waals surface area contributed by atoms with E-state index in [-0.39, 0.29) is 22.6 Å². The van der Waals surface area contributed by atoms with Crippen molar-refractivity contribution in [1.29, 1.82) is 0 Å². The van der Waals surface area contributed by atoms with Crippen molar-refractivity contribution in [2.75, 3.05) is 0 Å². The summed E-state index contributed by atoms with van der Waals surface area (Å²) in [5.41, 5.74) is 0. The van der Waals surface area contributed by atoms with E-state index >= 15 is 0 Å². The predicted molar refractivity (Wildman–Crippen MR) is 27.5 cm³/mol. The molecule has 79 valence electrons. The Hall–Kier alpha value is 0.194. The van der Waals surface area contributed by atoms with Gasteiger partial charge in [0.2, 0.25) is 20.8 Å². The summed E-state index contributed by atoms with van der Waals surface area (Å²) in [6.07, 6.45) is 0. The Morgan fingerprint density at radius 1 is 0.833 bits per heavy atom. The zero-order chi connectivity index (χ0) is 8.41. The molecule has 0 saturated heterocycles. The molecule has 0 aromatic carbocycles. The van der Waals surface area contributed by atoms with Gasteiger partial charge in [0.1, 0.15) is 0 Å². The first-order valence-electron chi connectivity index (χ1n) is 1.50. The van der Waals surface area contributed by atoms with Gasteiger partial charge in [-0.25, -0.2) is 16.8 Å². The summed E-state index contributed by atoms with van der Waals surface area (Å²) in [6, 6.07) is 0. The van der Waals surface area contributed by atoms with Crippen molar-refractivity contribution < 1.29 is 51.1 Å². The van der Waals surface area contributed by atoms with Gasteiger partial charge in [0.25, 0.3) is 0 Å². The molecule has 0 unspecified atom stereocenters. The molecule has 12 heteroatoms. The summed E-state index contributed by atoms with van der Waals surface area (Å²) in [5.74, 6) is 0. The van der Waals surface area contributed by atoms with Crippen molar-refractivity contribution >= 4 is 20.8 Å². The minimum atomic E-state index is -5.31. The van der Waals surface area contributed by atoms with Gasteiger partial charge in [-0.15, -0.1) is 8.67 Å². The standard InChI is InChI=1S/H3N.Ni.H2O8S2/c;;1-9(2,3)7-8-10(4,5)6/h1H3;;(H,1,2,3)(H,4,5,6)/q;+1;/p-1. The molecule has 0 bridgehead atoms. The SMILES string of the molecule is O=S(=O)([O-])OOS(=O)(=O)[O-].[NH4+].[Ni+]. The Labute approximate surface area is 78.4 Å². The Morgan fingerprint density at radius 3 is 1.08 bits per heavy atom. The van der Waals surface area contributed by atoms with Crippen LogP contribution in [0.15, 0.2) is 0 Å². The van der Waals surface area contributed by atoms with E-state index in [0.29, 0.717) is 0 Å². The zero-order valence-electron chi connectivity index (χ0n) is 5.40. The van der Waals surface area contributed by atoms with Crippen LogP contribution in [0.1, 0.15) is 0 Å². The van der Waals surface area contributed by atoms with Crippen LogP contribution in [0.2, 0.25) is 0 Å². The first-order valence-corrected chi connectivity index (χ1v) is 4.17. The Bertz CT molecular complexity index is 253. The predicted octanol–water partition coefficient (Wildman–Crippen LogP) is -1.77. The Kier molecular flexibility index (Phi) is 8.70. The van der Waals surface area contributed by atoms with E-state index in [1.807, 2.05) is 0 Å². The van der Waals surface area contributed by atoms with Crippen molar-refractivity contribution in [2.45, 2.75) is 0 Å². The minimum absolute atomic E-state index is 0. The van der Waals surface area contributed by atoms with Crippen LogP contribution in [0.5, 0.6) is 0 Å². The summed E-state index contributed by atoms with van der Waals surface area (Å²) >= 11 is 0. The number of hydrogen-bond donors (Lipinski definition) is 1. The van der Waals surface area contributed by atoms with Gasteiger partial charge in [-0.3, -0.25) is 0 Å². The molecular weight excluding hydrogens is 265 g/mol. The molecule has 0 saturated carbocycles. The summed E-state index contributed by atoms with van der Waals surface area (Å²) < 4.78 is 61.5. The maximum absolute atomic E-state index is 9.37. The molecule has 0 rings (SSSR count). The van der Waals surface area contributed by atoms with E-state index in [2.05, 4.69) is 8.67 Å². The van der Waals surface area contributed by atoms with Crippen molar-refractivity contribution in [1.82, 2.24) is 6.15 Å². The molecule has 0 aliphatic heterocycles. The van der Waals surface area contributed by atoms with Gasteiger partial charge in [0.05, 0.1) is 0 Å². The van der Waals surface area contributed by atoms with Gasteiger partial charge in [-0.1, -0.05) is 0 Å². The van der Waals surface area contributed by atoms with Crippen LogP contribution in [0, 0.1) is 0 Å². The van der Waals surface area contributed by atoms with Crippen molar-refractivity contribution in [2.24, 2.45) is 0 Å². The molecule has 0 aromatic heterocycles. The monoisotopic (exact) mass is 268 g/mol. The fourth-order valence-electron chi connectivity index (χ4n) is 0.0680. The van der Waals surface area contributed by atoms with Crippen LogP contribution >= 0.6 is 0 Å². The number of hydrogen-bond acceptors (Lipinski definition) is 8. The van der Waals surface area contributed by atoms with Gasteiger partial charge < -0.3 is 15.3 Å². The zero-order valence-corrected chi connectivity index (χ0v) is 8.02. The third kappa shape index (κ3) is 16.6. The average molecular weight is 269 g/mol. The van der Waals surface area contributed by atoms with Gasteiger partial charge in [-0.05, 0) is 0 Å². The van der Waals surface area contributed by atoms with Gasteiger partial charge in [0, 0.05) is 0 Å². The smallest absolute Gasteiger partial charge is 0.724 e. The fourth-order valence-corrected chi connectivity index (χ4v) is 0.612. The average Bonchev–Trinajstić information content (AvgIpc) is 1.57. The molecule has 0 amide bonds. The molecule has 4 N–H and O–H groups in total. The van der Waals surface area contributed by atoms with Crippen LogP contribution < -0.4 is 6.15 Å². The van der Waals surface area contributed by atoms with Crippen LogP contribution in [0.25, 0.3) is 0 Å². The summed E-state index contributed by atoms with van der Waals surface area (Å²) in [7, 11) is -10.6. The molecule has 0 heterocycles. The second kappa shape index (κ2) is 5.77. The normalized spacial score (nSPS) is 11.2. The molecular formula is H4NNiO8S2. The van der Waals surface area contributed by atoms with E-state index in [1.54, 1.807) is 0 Å². The van der Waals surface area contributed by atoms with E-state index in [4.69, 9.17) is 0 Å². The summed E-state index contributed by atoms with van der Waals surface area (Å²) in [6.45, 7) is 0. The van der Waals surface area contributed by atoms with Crippen molar-refractivity contribution in [3.63, 3.8) is 0 Å². The quantitative estimate of drug-likeness (QED) is 0.206. The molecule has 0 aliphatic rings. The summed E-state index contributed by atoms with van der Waals surface area (Å²) in [5, 5.41) is 0. The number of rotatable bonds is 3. The fraction of sp³-hybridized carbons (Fsp3) is 0. The van der Waals surface area contributed by atoms with Crippen molar-refractivity contribution in [3.8, 4) is 0 Å². The molecule has 0 fully saturated rings. The second-order valence-corrected chi connectivity index (χ2v) is 2.86. The maximum Gasteiger partial charge on any atom is 1.00 e. The van der Waals surface area contributed by atoms with E-state index in [1.165, 1.54) is 0 Å². The van der Waals surface area contributed by atoms with Crippen molar-refractivity contribution in [3.05, 3.63) is 0 Å². The molecule has 0 aliphatic carbocycles. The third-order valence-corrected chi connectivity index (χ3v) is 0.750. The van der Waals surface area contributed by atoms with Gasteiger partial charge in [0.15, 0.2) is 0 Å². The minimum Gasteiger partial charge on any atom is -0.724 e. The Morgan fingerprint density at radius 2 is 1.00 bits per heavy atom. The van der Waals surface area contributed by atoms with Crippen LogP contribution in [-0.4, -0.2) is 25.9 Å². The molecule has 0 aromatic rings. The van der Waals surface area contributed by atoms with E-state index < -0.39 is 20.8 Å². The first-order chi connectivity index (χ1) is 4.21. The largest absolute Gasteiger partial charge is 1.00 e. The van der Waals surface area contributed by atoms with Gasteiger partial charge in [-0.2, -0.15) is 0 Å². The molecule has 9 nitrogen and oxygen atoms in total. The first kappa shape index (κ1) is 18.1. The van der Waals surface area contributed by atoms with E-state index in [0.717, 1.165) is 0 Å².